The Kier molecular flexibility index (Phi) is 11.9. The first-order valence-electron chi connectivity index (χ1n) is 21.2. The highest BCUT2D eigenvalue weighted by Crippen LogP contribution is 2.79. The number of aliphatic hydroxyl groups is 8. The van der Waals surface area contributed by atoms with Crippen LogP contribution in [0.1, 0.15) is 93.4 Å². The molecule has 4 aliphatic carbocycles. The maximum atomic E-state index is 10.9. The van der Waals surface area contributed by atoms with Crippen molar-refractivity contribution in [3.05, 3.63) is 24.3 Å². The molecule has 3 saturated heterocycles. The molecule has 3 saturated carbocycles. The molecule has 14 nitrogen and oxygen atoms in total. The molecule has 326 valence electrons. The summed E-state index contributed by atoms with van der Waals surface area (Å²) in [5, 5.41) is 82.0. The second kappa shape index (κ2) is 15.4. The van der Waals surface area contributed by atoms with Gasteiger partial charge in [0, 0.05) is 23.9 Å². The molecule has 6 fully saturated rings. The van der Waals surface area contributed by atoms with E-state index < -0.39 is 104 Å². The van der Waals surface area contributed by atoms with Crippen LogP contribution in [-0.2, 0) is 28.4 Å². The van der Waals surface area contributed by atoms with E-state index in [-0.39, 0.29) is 28.1 Å². The molecule has 14 heteroatoms. The molecule has 0 aromatic heterocycles. The van der Waals surface area contributed by atoms with Crippen molar-refractivity contribution in [1.82, 2.24) is 0 Å². The third-order valence-corrected chi connectivity index (χ3v) is 16.8. The number of rotatable bonds is 11. The quantitative estimate of drug-likeness (QED) is 0.140. The van der Waals surface area contributed by atoms with Crippen molar-refractivity contribution in [3.63, 3.8) is 0 Å². The lowest BCUT2D eigenvalue weighted by Gasteiger charge is -2.65. The first kappa shape index (κ1) is 44.0. The largest absolute Gasteiger partial charge is 0.394 e. The zero-order chi connectivity index (χ0) is 41.7. The first-order valence-corrected chi connectivity index (χ1v) is 21.2. The van der Waals surface area contributed by atoms with Crippen molar-refractivity contribution in [1.29, 1.82) is 0 Å². The Balaban J connectivity index is 1.08. The molecule has 57 heavy (non-hydrogen) atoms. The van der Waals surface area contributed by atoms with Crippen LogP contribution in [0.4, 0.5) is 0 Å². The van der Waals surface area contributed by atoms with Crippen LogP contribution in [0.3, 0.4) is 0 Å². The third kappa shape index (κ3) is 6.49. The molecule has 2 bridgehead atoms. The lowest BCUT2D eigenvalue weighted by Crippen LogP contribution is -2.66. The fraction of sp³-hybridized carbons (Fsp3) is 0.907. The van der Waals surface area contributed by atoms with Gasteiger partial charge in [-0.25, -0.2) is 0 Å². The van der Waals surface area contributed by atoms with Gasteiger partial charge in [0.2, 0.25) is 0 Å². The Morgan fingerprint density at radius 3 is 2.02 bits per heavy atom. The number of aliphatic hydroxyl groups excluding tert-OH is 8. The van der Waals surface area contributed by atoms with Crippen molar-refractivity contribution < 1.29 is 69.3 Å². The minimum Gasteiger partial charge on any atom is -0.394 e. The molecule has 20 atom stereocenters. The summed E-state index contributed by atoms with van der Waals surface area (Å²) in [5.74, 6) is 1.19. The summed E-state index contributed by atoms with van der Waals surface area (Å²) < 4.78 is 37.5. The highest BCUT2D eigenvalue weighted by Gasteiger charge is 2.79. The van der Waals surface area contributed by atoms with Crippen LogP contribution < -0.4 is 0 Å². The smallest absolute Gasteiger partial charge is 0.187 e. The fourth-order valence-corrected chi connectivity index (χ4v) is 13.3. The maximum Gasteiger partial charge on any atom is 0.187 e. The Morgan fingerprint density at radius 2 is 1.40 bits per heavy atom. The summed E-state index contributed by atoms with van der Waals surface area (Å²) in [6, 6.07) is 0. The van der Waals surface area contributed by atoms with Gasteiger partial charge in [-0.15, -0.1) is 0 Å². The van der Waals surface area contributed by atoms with E-state index >= 15 is 0 Å². The first-order chi connectivity index (χ1) is 26.7. The molecule has 7 rings (SSSR count). The number of methoxy groups -OCH3 is 1. The van der Waals surface area contributed by atoms with Crippen molar-refractivity contribution in [2.24, 2.45) is 45.3 Å². The lowest BCUT2D eigenvalue weighted by molar-refractivity contribution is -0.331. The SMILES string of the molecule is CO[C@@H]1O[C@]23C=C[C@@H]4[C@@]1(CC[C@]1(C)[C@@H]([C@H](C)C/C=C/C(C)(C)O[C@@H]5O[C@H](CO)[C@@H](O)[C@H](O)[C@H]5O)CC[C@@]41C)C2CC[C@H](O[C@@H]1O[C@H](CO)[C@@H](O)[C@@H](O)[C@H]1O)C3(C)C. The van der Waals surface area contributed by atoms with Crippen molar-refractivity contribution in [2.75, 3.05) is 20.3 Å². The van der Waals surface area contributed by atoms with E-state index in [9.17, 15) is 40.9 Å². The van der Waals surface area contributed by atoms with Crippen LogP contribution in [0.15, 0.2) is 24.3 Å². The lowest BCUT2D eigenvalue weighted by atomic mass is 9.38. The number of hydrogen-bond acceptors (Lipinski definition) is 14. The molecular formula is C43H70O14. The van der Waals surface area contributed by atoms with Gasteiger partial charge in [0.1, 0.15) is 54.4 Å². The monoisotopic (exact) mass is 810 g/mol. The van der Waals surface area contributed by atoms with Crippen LogP contribution in [0, 0.1) is 45.3 Å². The standard InChI is InChI=1S/C43H70O14/c1-22(10-9-15-38(2,3)56-36-34(51)32(49)30(47)25(21-45)54-36)23-13-16-41(7)26-14-17-43-27(42(26,37(52-8)57-43)19-18-40(23,41)6)11-12-28(39(43,4)5)55-35-33(50)31(48)29(46)24(20-44)53-35/h9,14-15,17,22-37,44-51H,10-13,16,18-21H2,1-8H3/b15-9+/t22-,23-,24-,25-,26+,27?,28+,29-,30-,31-,32+,33-,34-,35+,36+,37-,40-,41+,42+,43-/m1/s1. The Labute approximate surface area is 337 Å². The average molecular weight is 811 g/mol. The van der Waals surface area contributed by atoms with Crippen molar-refractivity contribution in [2.45, 2.75) is 178 Å². The second-order valence-corrected chi connectivity index (χ2v) is 20.1. The summed E-state index contributed by atoms with van der Waals surface area (Å²) in [7, 11) is 1.75. The Hall–Kier alpha value is -1.08. The van der Waals surface area contributed by atoms with Gasteiger partial charge in [-0.3, -0.25) is 0 Å². The molecule has 3 heterocycles. The maximum absolute atomic E-state index is 10.9. The molecule has 1 unspecified atom stereocenters. The molecule has 0 aromatic rings. The highest BCUT2D eigenvalue weighted by molar-refractivity contribution is 5.34. The van der Waals surface area contributed by atoms with Crippen LogP contribution in [0.25, 0.3) is 0 Å². The van der Waals surface area contributed by atoms with E-state index in [1.165, 1.54) is 0 Å². The minimum absolute atomic E-state index is 0.0274. The van der Waals surface area contributed by atoms with E-state index in [1.807, 2.05) is 19.9 Å². The highest BCUT2D eigenvalue weighted by atomic mass is 16.7. The van der Waals surface area contributed by atoms with Gasteiger partial charge in [0.15, 0.2) is 18.9 Å². The van der Waals surface area contributed by atoms with Gasteiger partial charge in [0.25, 0.3) is 0 Å². The van der Waals surface area contributed by atoms with Gasteiger partial charge in [-0.1, -0.05) is 58.9 Å². The molecule has 3 aliphatic heterocycles. The molecule has 7 aliphatic rings. The Bertz CT molecular complexity index is 1500. The molecule has 1 spiro atoms. The van der Waals surface area contributed by atoms with Gasteiger partial charge >= 0.3 is 0 Å². The summed E-state index contributed by atoms with van der Waals surface area (Å²) >= 11 is 0. The summed E-state index contributed by atoms with van der Waals surface area (Å²) in [6.07, 6.45) is 1.01. The zero-order valence-corrected chi connectivity index (χ0v) is 34.9. The fourth-order valence-electron chi connectivity index (χ4n) is 13.3. The number of hydrogen-bond donors (Lipinski definition) is 8. The van der Waals surface area contributed by atoms with E-state index in [1.54, 1.807) is 7.11 Å². The molecule has 8 N–H and O–H groups in total. The predicted molar refractivity (Wildman–Crippen MR) is 205 cm³/mol. The van der Waals surface area contributed by atoms with E-state index in [4.69, 9.17) is 28.4 Å². The average Bonchev–Trinajstić information content (AvgIpc) is 3.55. The number of fused-ring (bicyclic) bond motifs is 2. The predicted octanol–water partition coefficient (Wildman–Crippen LogP) is 1.92. The normalized spacial score (nSPS) is 52.4. The second-order valence-electron chi connectivity index (χ2n) is 20.1. The summed E-state index contributed by atoms with van der Waals surface area (Å²) in [5.41, 5.74) is -2.41. The van der Waals surface area contributed by atoms with Crippen molar-refractivity contribution in [3.8, 4) is 0 Å². The molecular weight excluding hydrogens is 740 g/mol. The summed E-state index contributed by atoms with van der Waals surface area (Å²) in [4.78, 5) is 0. The third-order valence-electron chi connectivity index (χ3n) is 16.8. The van der Waals surface area contributed by atoms with E-state index in [0.29, 0.717) is 18.3 Å². The van der Waals surface area contributed by atoms with E-state index in [0.717, 1.165) is 38.5 Å². The van der Waals surface area contributed by atoms with Gasteiger partial charge in [0.05, 0.1) is 24.9 Å². The van der Waals surface area contributed by atoms with Crippen LogP contribution >= 0.6 is 0 Å². The topological polar surface area (TPSA) is 217 Å². The van der Waals surface area contributed by atoms with Gasteiger partial charge < -0.3 is 69.3 Å². The van der Waals surface area contributed by atoms with Crippen molar-refractivity contribution >= 4 is 0 Å². The molecule has 0 aromatic carbocycles. The van der Waals surface area contributed by atoms with Gasteiger partial charge in [-0.2, -0.15) is 0 Å². The summed E-state index contributed by atoms with van der Waals surface area (Å²) in [6.45, 7) is 14.2. The zero-order valence-electron chi connectivity index (χ0n) is 34.9. The van der Waals surface area contributed by atoms with Crippen LogP contribution in [0.5, 0.6) is 0 Å². The molecule has 0 amide bonds. The number of ether oxygens (including phenoxy) is 6. The molecule has 0 radical (unpaired) electrons. The number of allylic oxidation sites excluding steroid dienone is 2. The minimum atomic E-state index is -1.52. The van der Waals surface area contributed by atoms with Gasteiger partial charge in [-0.05, 0) is 87.4 Å². The van der Waals surface area contributed by atoms with E-state index in [2.05, 4.69) is 52.8 Å². The van der Waals surface area contributed by atoms with Crippen LogP contribution in [-0.4, -0.2) is 146 Å². The Morgan fingerprint density at radius 1 is 0.789 bits per heavy atom. The van der Waals surface area contributed by atoms with Crippen LogP contribution in [0.2, 0.25) is 0 Å².